The maximum atomic E-state index is 12.8. The molecule has 8 heteroatoms. The zero-order valence-corrected chi connectivity index (χ0v) is 13.8. The lowest BCUT2D eigenvalue weighted by molar-refractivity contribution is -0.0495. The fraction of sp³-hybridized carbons (Fsp3) is 0.250. The minimum atomic E-state index is -2.97. The van der Waals surface area contributed by atoms with Crippen molar-refractivity contribution in [2.24, 2.45) is 0 Å². The maximum Gasteiger partial charge on any atom is 0.387 e. The minimum Gasteiger partial charge on any atom is -0.433 e. The lowest BCUT2D eigenvalue weighted by atomic mass is 10.00. The molecule has 0 fully saturated rings. The number of alkyl halides is 2. The summed E-state index contributed by atoms with van der Waals surface area (Å²) in [7, 11) is 0. The molecule has 3 rings (SSSR count). The minimum absolute atomic E-state index is 0.0245. The second kappa shape index (κ2) is 6.91. The van der Waals surface area contributed by atoms with Gasteiger partial charge in [-0.1, -0.05) is 35.3 Å². The first-order valence-corrected chi connectivity index (χ1v) is 7.92. The standard InChI is InChI=1S/C16H12Cl2F2N2O2/c17-11-7-10(8-21-14(11)18)15(23)22-6-2-4-9-3-1-5-12(13(9)22)24-16(19)20/h1,3,5,7-8,16H,2,4,6H2. The van der Waals surface area contributed by atoms with E-state index in [1.54, 1.807) is 12.1 Å². The SMILES string of the molecule is O=C(c1cnc(Cl)c(Cl)c1)N1CCCc2cccc(OC(F)F)c21. The van der Waals surface area contributed by atoms with E-state index in [2.05, 4.69) is 9.72 Å². The van der Waals surface area contributed by atoms with Gasteiger partial charge >= 0.3 is 6.61 Å². The Morgan fingerprint density at radius 2 is 2.12 bits per heavy atom. The Balaban J connectivity index is 2.02. The largest absolute Gasteiger partial charge is 0.433 e. The highest BCUT2D eigenvalue weighted by molar-refractivity contribution is 6.41. The van der Waals surface area contributed by atoms with Crippen LogP contribution in [0.25, 0.3) is 0 Å². The lowest BCUT2D eigenvalue weighted by Gasteiger charge is -2.31. The molecule has 0 bridgehead atoms. The van der Waals surface area contributed by atoms with Gasteiger partial charge in [-0.2, -0.15) is 8.78 Å². The summed E-state index contributed by atoms with van der Waals surface area (Å²) in [5.41, 5.74) is 1.37. The number of carbonyl (C=O) groups is 1. The number of ether oxygens (including phenoxy) is 1. The monoisotopic (exact) mass is 372 g/mol. The topological polar surface area (TPSA) is 42.4 Å². The van der Waals surface area contributed by atoms with E-state index in [-0.39, 0.29) is 21.5 Å². The van der Waals surface area contributed by atoms with Crippen molar-refractivity contribution in [2.75, 3.05) is 11.4 Å². The molecular weight excluding hydrogens is 361 g/mol. The summed E-state index contributed by atoms with van der Waals surface area (Å²) in [6.45, 7) is -2.59. The molecule has 4 nitrogen and oxygen atoms in total. The average molecular weight is 373 g/mol. The molecule has 0 aliphatic carbocycles. The van der Waals surface area contributed by atoms with E-state index in [4.69, 9.17) is 23.2 Å². The van der Waals surface area contributed by atoms with Gasteiger partial charge in [0.05, 0.1) is 16.3 Å². The van der Waals surface area contributed by atoms with E-state index >= 15 is 0 Å². The predicted octanol–water partition coefficient (Wildman–Crippen LogP) is 4.58. The Kier molecular flexibility index (Phi) is 4.87. The number of benzene rings is 1. The van der Waals surface area contributed by atoms with Gasteiger partial charge in [0.25, 0.3) is 5.91 Å². The van der Waals surface area contributed by atoms with Crippen LogP contribution >= 0.6 is 23.2 Å². The lowest BCUT2D eigenvalue weighted by Crippen LogP contribution is -2.36. The zero-order valence-electron chi connectivity index (χ0n) is 12.3. The molecule has 126 valence electrons. The van der Waals surface area contributed by atoms with Crippen LogP contribution < -0.4 is 9.64 Å². The number of rotatable bonds is 3. The number of halogens is 4. The fourth-order valence-corrected chi connectivity index (χ4v) is 2.97. The van der Waals surface area contributed by atoms with Gasteiger partial charge in [0.2, 0.25) is 0 Å². The van der Waals surface area contributed by atoms with Gasteiger partial charge in [-0.25, -0.2) is 4.98 Å². The van der Waals surface area contributed by atoms with Crippen LogP contribution in [0.5, 0.6) is 5.75 Å². The second-order valence-electron chi connectivity index (χ2n) is 5.20. The molecule has 0 atom stereocenters. The Morgan fingerprint density at radius 3 is 2.83 bits per heavy atom. The van der Waals surface area contributed by atoms with E-state index in [0.717, 1.165) is 5.56 Å². The molecule has 1 aromatic heterocycles. The number of anilines is 1. The van der Waals surface area contributed by atoms with Crippen molar-refractivity contribution in [2.45, 2.75) is 19.5 Å². The summed E-state index contributed by atoms with van der Waals surface area (Å²) in [4.78, 5) is 18.1. The summed E-state index contributed by atoms with van der Waals surface area (Å²) in [5, 5.41) is 0.242. The van der Waals surface area contributed by atoms with E-state index in [9.17, 15) is 13.6 Å². The third-order valence-electron chi connectivity index (χ3n) is 3.68. The first kappa shape index (κ1) is 16.9. The van der Waals surface area contributed by atoms with Gasteiger partial charge in [-0.3, -0.25) is 4.79 Å². The highest BCUT2D eigenvalue weighted by atomic mass is 35.5. The van der Waals surface area contributed by atoms with Crippen LogP contribution in [0.2, 0.25) is 10.2 Å². The van der Waals surface area contributed by atoms with Gasteiger partial charge < -0.3 is 9.64 Å². The number of pyridine rings is 1. The van der Waals surface area contributed by atoms with Crippen LogP contribution in [0, 0.1) is 0 Å². The number of aryl methyl sites for hydroxylation is 1. The van der Waals surface area contributed by atoms with Gasteiger partial charge in [-0.15, -0.1) is 0 Å². The molecule has 2 heterocycles. The number of para-hydroxylation sites is 1. The first-order valence-electron chi connectivity index (χ1n) is 7.17. The van der Waals surface area contributed by atoms with E-state index in [1.165, 1.54) is 23.2 Å². The Labute approximate surface area is 146 Å². The van der Waals surface area contributed by atoms with Gasteiger partial charge in [0, 0.05) is 12.7 Å². The van der Waals surface area contributed by atoms with Crippen molar-refractivity contribution in [1.29, 1.82) is 0 Å². The molecular formula is C16H12Cl2F2N2O2. The Morgan fingerprint density at radius 1 is 1.33 bits per heavy atom. The third-order valence-corrected chi connectivity index (χ3v) is 4.37. The summed E-state index contributed by atoms with van der Waals surface area (Å²) >= 11 is 11.7. The number of fused-ring (bicyclic) bond motifs is 1. The number of amides is 1. The highest BCUT2D eigenvalue weighted by Crippen LogP contribution is 2.38. The van der Waals surface area contributed by atoms with Crippen LogP contribution in [0.3, 0.4) is 0 Å². The predicted molar refractivity (Wildman–Crippen MR) is 87.3 cm³/mol. The van der Waals surface area contributed by atoms with Crippen LogP contribution in [-0.2, 0) is 6.42 Å². The molecule has 0 spiro atoms. The molecule has 1 aromatic carbocycles. The molecule has 1 amide bonds. The maximum absolute atomic E-state index is 12.8. The van der Waals surface area contributed by atoms with Crippen molar-refractivity contribution in [3.63, 3.8) is 0 Å². The number of nitrogens with zero attached hydrogens (tertiary/aromatic N) is 2. The van der Waals surface area contributed by atoms with E-state index < -0.39 is 12.5 Å². The molecule has 2 aromatic rings. The summed E-state index contributed by atoms with van der Waals surface area (Å²) in [6.07, 6.45) is 2.70. The quantitative estimate of drug-likeness (QED) is 0.740. The van der Waals surface area contributed by atoms with Gasteiger partial charge in [0.1, 0.15) is 10.9 Å². The van der Waals surface area contributed by atoms with Crippen LogP contribution in [0.15, 0.2) is 30.5 Å². The van der Waals surface area contributed by atoms with E-state index in [1.807, 2.05) is 0 Å². The highest BCUT2D eigenvalue weighted by Gasteiger charge is 2.28. The number of carbonyl (C=O) groups excluding carboxylic acids is 1. The molecule has 0 saturated heterocycles. The van der Waals surface area contributed by atoms with Gasteiger partial charge in [0.15, 0.2) is 0 Å². The number of aromatic nitrogens is 1. The Hall–Kier alpha value is -1.92. The molecule has 0 N–H and O–H groups in total. The second-order valence-corrected chi connectivity index (χ2v) is 5.96. The third kappa shape index (κ3) is 3.30. The smallest absolute Gasteiger partial charge is 0.387 e. The first-order chi connectivity index (χ1) is 11.5. The van der Waals surface area contributed by atoms with Crippen molar-refractivity contribution < 1.29 is 18.3 Å². The summed E-state index contributed by atoms with van der Waals surface area (Å²) < 4.78 is 29.9. The molecule has 0 radical (unpaired) electrons. The summed E-state index contributed by atoms with van der Waals surface area (Å²) in [6, 6.07) is 6.25. The van der Waals surface area contributed by atoms with Crippen LogP contribution in [0.1, 0.15) is 22.3 Å². The van der Waals surface area contributed by atoms with Crippen molar-refractivity contribution in [1.82, 2.24) is 4.98 Å². The molecule has 24 heavy (non-hydrogen) atoms. The molecule has 0 saturated carbocycles. The van der Waals surface area contributed by atoms with Crippen molar-refractivity contribution in [3.05, 3.63) is 51.8 Å². The van der Waals surface area contributed by atoms with E-state index in [0.29, 0.717) is 25.1 Å². The number of hydrogen-bond donors (Lipinski definition) is 0. The Bertz CT molecular complexity index is 787. The fourth-order valence-electron chi connectivity index (χ4n) is 2.70. The summed E-state index contributed by atoms with van der Waals surface area (Å²) in [5.74, 6) is -0.420. The van der Waals surface area contributed by atoms with Crippen molar-refractivity contribution in [3.8, 4) is 5.75 Å². The van der Waals surface area contributed by atoms with Gasteiger partial charge in [-0.05, 0) is 30.5 Å². The van der Waals surface area contributed by atoms with Crippen LogP contribution in [0.4, 0.5) is 14.5 Å². The zero-order chi connectivity index (χ0) is 17.3. The number of hydrogen-bond acceptors (Lipinski definition) is 3. The average Bonchev–Trinajstić information content (AvgIpc) is 2.56. The molecule has 1 aliphatic heterocycles. The van der Waals surface area contributed by atoms with Crippen molar-refractivity contribution >= 4 is 34.8 Å². The molecule has 1 aliphatic rings. The normalized spacial score (nSPS) is 13.8. The van der Waals surface area contributed by atoms with Crippen LogP contribution in [-0.4, -0.2) is 24.0 Å². The molecule has 0 unspecified atom stereocenters.